The summed E-state index contributed by atoms with van der Waals surface area (Å²) in [6.07, 6.45) is 2.84. The molecule has 1 aromatic heterocycles. The van der Waals surface area contributed by atoms with Crippen LogP contribution in [0, 0.1) is 17.0 Å². The van der Waals surface area contributed by atoms with E-state index in [0.29, 0.717) is 23.3 Å². The van der Waals surface area contributed by atoms with Gasteiger partial charge in [-0.2, -0.15) is 4.73 Å². The number of amides is 1. The number of nitrogens with one attached hydrogen (secondary N) is 1. The van der Waals surface area contributed by atoms with E-state index >= 15 is 0 Å². The third kappa shape index (κ3) is 6.94. The zero-order valence-electron chi connectivity index (χ0n) is 11.4. The molecular formula is C14H18N2O3. The fraction of sp³-hybridized carbons (Fsp3) is 0.429. The normalized spacial score (nSPS) is 10.3. The first-order chi connectivity index (χ1) is 8.87. The van der Waals surface area contributed by atoms with Crippen molar-refractivity contribution < 1.29 is 14.3 Å². The molecule has 0 unspecified atom stereocenters. The minimum atomic E-state index is -0.498. The van der Waals surface area contributed by atoms with Crippen LogP contribution in [0.1, 0.15) is 32.8 Å². The summed E-state index contributed by atoms with van der Waals surface area (Å²) in [4.78, 5) is 11.3. The van der Waals surface area contributed by atoms with Crippen LogP contribution in [0.25, 0.3) is 0 Å². The molecule has 1 heterocycles. The fourth-order valence-corrected chi connectivity index (χ4v) is 1.23. The summed E-state index contributed by atoms with van der Waals surface area (Å²) in [5, 5.41) is 13.6. The van der Waals surface area contributed by atoms with Crippen LogP contribution in [-0.4, -0.2) is 18.2 Å². The van der Waals surface area contributed by atoms with Gasteiger partial charge in [-0.1, -0.05) is 11.8 Å². The number of nitrogens with zero attached hydrogens (tertiary/aromatic N) is 1. The van der Waals surface area contributed by atoms with Crippen molar-refractivity contribution >= 4 is 6.09 Å². The molecule has 0 saturated heterocycles. The van der Waals surface area contributed by atoms with Crippen molar-refractivity contribution in [1.82, 2.24) is 5.32 Å². The molecule has 0 spiro atoms. The topological polar surface area (TPSA) is 65.3 Å². The second kappa shape index (κ2) is 6.64. The highest BCUT2D eigenvalue weighted by atomic mass is 16.6. The van der Waals surface area contributed by atoms with Crippen molar-refractivity contribution in [2.24, 2.45) is 0 Å². The van der Waals surface area contributed by atoms with Crippen molar-refractivity contribution in [3.05, 3.63) is 35.3 Å². The second-order valence-electron chi connectivity index (χ2n) is 4.93. The smallest absolute Gasteiger partial charge is 0.407 e. The van der Waals surface area contributed by atoms with Crippen molar-refractivity contribution in [1.29, 1.82) is 0 Å². The molecule has 0 bridgehead atoms. The fourth-order valence-electron chi connectivity index (χ4n) is 1.23. The molecule has 0 fully saturated rings. The molecule has 102 valence electrons. The van der Waals surface area contributed by atoms with E-state index in [0.717, 1.165) is 0 Å². The van der Waals surface area contributed by atoms with Gasteiger partial charge < -0.3 is 15.3 Å². The zero-order valence-corrected chi connectivity index (χ0v) is 11.4. The molecule has 1 amide bonds. The average Bonchev–Trinajstić information content (AvgIpc) is 2.26. The molecule has 0 saturated carbocycles. The summed E-state index contributed by atoms with van der Waals surface area (Å²) in [5.41, 5.74) is 0.149. The Morgan fingerprint density at radius 2 is 2.26 bits per heavy atom. The Hall–Kier alpha value is -2.22. The number of hydrogen-bond acceptors (Lipinski definition) is 3. The number of aromatic nitrogens is 1. The summed E-state index contributed by atoms with van der Waals surface area (Å²) in [6.45, 7) is 5.83. The van der Waals surface area contributed by atoms with Crippen LogP contribution in [0.3, 0.4) is 0 Å². The summed E-state index contributed by atoms with van der Waals surface area (Å²) >= 11 is 0. The Balaban J connectivity index is 2.30. The molecule has 0 atom stereocenters. The maximum atomic E-state index is 11.3. The number of hydrogen-bond donors (Lipinski definition) is 1. The molecule has 1 N–H and O–H groups in total. The molecule has 0 aliphatic rings. The van der Waals surface area contributed by atoms with Crippen LogP contribution in [-0.2, 0) is 4.74 Å². The first kappa shape index (κ1) is 14.8. The van der Waals surface area contributed by atoms with Crippen molar-refractivity contribution in [3.63, 3.8) is 0 Å². The Morgan fingerprint density at radius 3 is 2.89 bits per heavy atom. The maximum absolute atomic E-state index is 11.3. The van der Waals surface area contributed by atoms with E-state index in [-0.39, 0.29) is 0 Å². The Bertz CT molecular complexity index is 495. The van der Waals surface area contributed by atoms with Crippen LogP contribution in [0.2, 0.25) is 0 Å². The molecule has 0 radical (unpaired) electrons. The number of ether oxygens (including phenoxy) is 1. The van der Waals surface area contributed by atoms with E-state index in [1.165, 1.54) is 12.4 Å². The van der Waals surface area contributed by atoms with Crippen molar-refractivity contribution in [2.45, 2.75) is 32.8 Å². The highest BCUT2D eigenvalue weighted by molar-refractivity contribution is 5.67. The van der Waals surface area contributed by atoms with Crippen LogP contribution in [0.4, 0.5) is 4.79 Å². The lowest BCUT2D eigenvalue weighted by molar-refractivity contribution is -0.605. The minimum absolute atomic E-state index is 0.409. The Labute approximate surface area is 113 Å². The minimum Gasteiger partial charge on any atom is -0.619 e. The van der Waals surface area contributed by atoms with Gasteiger partial charge >= 0.3 is 6.09 Å². The van der Waals surface area contributed by atoms with Crippen LogP contribution in [0.5, 0.6) is 0 Å². The van der Waals surface area contributed by atoms with Crippen molar-refractivity contribution in [3.8, 4) is 11.8 Å². The number of carbonyl (C=O) groups is 1. The lowest BCUT2D eigenvalue weighted by Gasteiger charge is -2.19. The third-order valence-electron chi connectivity index (χ3n) is 1.93. The highest BCUT2D eigenvalue weighted by Crippen LogP contribution is 2.06. The number of pyridine rings is 1. The van der Waals surface area contributed by atoms with E-state index < -0.39 is 11.7 Å². The van der Waals surface area contributed by atoms with E-state index in [4.69, 9.17) is 4.74 Å². The van der Waals surface area contributed by atoms with E-state index in [1.54, 1.807) is 32.9 Å². The quantitative estimate of drug-likeness (QED) is 0.381. The first-order valence-corrected chi connectivity index (χ1v) is 6.01. The molecular weight excluding hydrogens is 244 g/mol. The van der Waals surface area contributed by atoms with Gasteiger partial charge in [-0.05, 0) is 26.8 Å². The Morgan fingerprint density at radius 1 is 1.53 bits per heavy atom. The SMILES string of the molecule is CC(C)(C)OC(=O)NCCC#Cc1ccc[n+]([O-])c1. The Kier molecular flexibility index (Phi) is 5.19. The molecule has 0 aliphatic heterocycles. The van der Waals surface area contributed by atoms with Gasteiger partial charge in [0, 0.05) is 19.0 Å². The largest absolute Gasteiger partial charge is 0.619 e. The van der Waals surface area contributed by atoms with Crippen molar-refractivity contribution in [2.75, 3.05) is 6.54 Å². The molecule has 0 aromatic carbocycles. The van der Waals surface area contributed by atoms with Crippen LogP contribution < -0.4 is 10.0 Å². The summed E-state index contributed by atoms with van der Waals surface area (Å²) < 4.78 is 5.77. The lowest BCUT2D eigenvalue weighted by Crippen LogP contribution is -2.32. The average molecular weight is 262 g/mol. The second-order valence-corrected chi connectivity index (χ2v) is 4.93. The predicted molar refractivity (Wildman–Crippen MR) is 71.1 cm³/mol. The first-order valence-electron chi connectivity index (χ1n) is 6.01. The van der Waals surface area contributed by atoms with E-state index in [2.05, 4.69) is 17.2 Å². The standard InChI is InChI=1S/C14H18N2O3/c1-14(2,3)19-13(17)15-9-5-4-7-12-8-6-10-16(18)11-12/h6,8,10-11H,5,9H2,1-3H3,(H,15,17). The van der Waals surface area contributed by atoms with Gasteiger partial charge in [0.05, 0.1) is 5.56 Å². The summed E-state index contributed by atoms with van der Waals surface area (Å²) in [5.74, 6) is 5.72. The monoisotopic (exact) mass is 262 g/mol. The van der Waals surface area contributed by atoms with Gasteiger partial charge in [0.15, 0.2) is 12.4 Å². The van der Waals surface area contributed by atoms with E-state index in [9.17, 15) is 10.0 Å². The van der Waals surface area contributed by atoms with E-state index in [1.807, 2.05) is 0 Å². The number of carbonyl (C=O) groups excluding carboxylic acids is 1. The van der Waals surface area contributed by atoms with Gasteiger partial charge in [0.2, 0.25) is 0 Å². The molecule has 5 nitrogen and oxygen atoms in total. The van der Waals surface area contributed by atoms with Crippen LogP contribution in [0.15, 0.2) is 24.5 Å². The number of alkyl carbamates (subject to hydrolysis) is 1. The molecule has 19 heavy (non-hydrogen) atoms. The maximum Gasteiger partial charge on any atom is 0.407 e. The zero-order chi connectivity index (χ0) is 14.3. The van der Waals surface area contributed by atoms with Crippen LogP contribution >= 0.6 is 0 Å². The molecule has 0 aliphatic carbocycles. The summed E-state index contributed by atoms with van der Waals surface area (Å²) in [7, 11) is 0. The van der Waals surface area contributed by atoms with Gasteiger partial charge in [-0.25, -0.2) is 4.79 Å². The van der Waals surface area contributed by atoms with Gasteiger partial charge in [-0.15, -0.1) is 0 Å². The van der Waals surface area contributed by atoms with Gasteiger partial charge in [0.1, 0.15) is 5.60 Å². The highest BCUT2D eigenvalue weighted by Gasteiger charge is 2.15. The predicted octanol–water partition coefficient (Wildman–Crippen LogP) is 1.59. The van der Waals surface area contributed by atoms with Gasteiger partial charge in [-0.3, -0.25) is 0 Å². The van der Waals surface area contributed by atoms with Gasteiger partial charge in [0.25, 0.3) is 0 Å². The summed E-state index contributed by atoms with van der Waals surface area (Å²) in [6, 6.07) is 3.39. The molecule has 1 rings (SSSR count). The lowest BCUT2D eigenvalue weighted by atomic mass is 10.2. The molecule has 1 aromatic rings. The third-order valence-corrected chi connectivity index (χ3v) is 1.93. The molecule has 5 heteroatoms. The number of rotatable bonds is 2.